The molecule has 0 saturated heterocycles. The summed E-state index contributed by atoms with van der Waals surface area (Å²) in [7, 11) is 1.67. The van der Waals surface area contributed by atoms with Gasteiger partial charge in [0, 0.05) is 0 Å². The zero-order chi connectivity index (χ0) is 17.9. The second kappa shape index (κ2) is 7.27. The molecule has 128 valence electrons. The van der Waals surface area contributed by atoms with E-state index in [9.17, 15) is 9.59 Å². The summed E-state index contributed by atoms with van der Waals surface area (Å²) in [4.78, 5) is 24.6. The molecule has 0 aliphatic rings. The molecule has 0 bridgehead atoms. The molecule has 0 aliphatic carbocycles. The van der Waals surface area contributed by atoms with Gasteiger partial charge < -0.3 is 11.1 Å². The normalized spacial score (nSPS) is 10.9. The summed E-state index contributed by atoms with van der Waals surface area (Å²) in [6, 6.07) is 8.01. The SMILES string of the molecule is Cc1ccc(-n2nc(C)c(NC(=O)CN(C)CC(N)=O)c2C)cc1. The minimum atomic E-state index is -0.468. The molecule has 0 aliphatic heterocycles. The minimum absolute atomic E-state index is 0.0357. The van der Waals surface area contributed by atoms with Crippen molar-refractivity contribution < 1.29 is 9.59 Å². The smallest absolute Gasteiger partial charge is 0.238 e. The van der Waals surface area contributed by atoms with Crippen molar-refractivity contribution in [2.45, 2.75) is 20.8 Å². The molecule has 2 rings (SSSR count). The Morgan fingerprint density at radius 3 is 2.38 bits per heavy atom. The summed E-state index contributed by atoms with van der Waals surface area (Å²) < 4.78 is 1.80. The molecule has 0 saturated carbocycles. The lowest BCUT2D eigenvalue weighted by atomic mass is 10.2. The van der Waals surface area contributed by atoms with Crippen molar-refractivity contribution in [1.29, 1.82) is 0 Å². The van der Waals surface area contributed by atoms with Gasteiger partial charge in [-0.05, 0) is 40.0 Å². The van der Waals surface area contributed by atoms with E-state index in [0.29, 0.717) is 5.69 Å². The van der Waals surface area contributed by atoms with Crippen molar-refractivity contribution in [3.8, 4) is 5.69 Å². The van der Waals surface area contributed by atoms with E-state index in [1.54, 1.807) is 16.6 Å². The van der Waals surface area contributed by atoms with Gasteiger partial charge >= 0.3 is 0 Å². The summed E-state index contributed by atoms with van der Waals surface area (Å²) in [6.45, 7) is 5.90. The molecule has 0 radical (unpaired) electrons. The van der Waals surface area contributed by atoms with Gasteiger partial charge in [0.2, 0.25) is 11.8 Å². The van der Waals surface area contributed by atoms with Gasteiger partial charge in [0.15, 0.2) is 0 Å². The topological polar surface area (TPSA) is 93.2 Å². The van der Waals surface area contributed by atoms with Gasteiger partial charge in [0.25, 0.3) is 0 Å². The average Bonchev–Trinajstić information content (AvgIpc) is 2.75. The molecule has 24 heavy (non-hydrogen) atoms. The first-order valence-electron chi connectivity index (χ1n) is 7.68. The third-order valence-electron chi connectivity index (χ3n) is 3.67. The number of aromatic nitrogens is 2. The van der Waals surface area contributed by atoms with Crippen LogP contribution in [0, 0.1) is 20.8 Å². The molecule has 1 aromatic carbocycles. The summed E-state index contributed by atoms with van der Waals surface area (Å²) >= 11 is 0. The Morgan fingerprint density at radius 1 is 1.17 bits per heavy atom. The van der Waals surface area contributed by atoms with Gasteiger partial charge in [-0.2, -0.15) is 5.10 Å². The maximum Gasteiger partial charge on any atom is 0.238 e. The standard InChI is InChI=1S/C17H23N5O2/c1-11-5-7-14(8-6-11)22-13(3)17(12(2)20-22)19-16(24)10-21(4)9-15(18)23/h5-8H,9-10H2,1-4H3,(H2,18,23)(H,19,24). The summed E-state index contributed by atoms with van der Waals surface area (Å²) in [5, 5.41) is 7.37. The molecule has 1 aromatic heterocycles. The van der Waals surface area contributed by atoms with Gasteiger partial charge in [-0.1, -0.05) is 17.7 Å². The lowest BCUT2D eigenvalue weighted by molar-refractivity contribution is -0.120. The number of hydrogen-bond acceptors (Lipinski definition) is 4. The maximum atomic E-state index is 12.2. The number of likely N-dealkylation sites (N-methyl/N-ethyl adjacent to an activating group) is 1. The minimum Gasteiger partial charge on any atom is -0.369 e. The van der Waals surface area contributed by atoms with E-state index in [1.165, 1.54) is 5.56 Å². The Balaban J connectivity index is 2.15. The van der Waals surface area contributed by atoms with Gasteiger partial charge in [0.05, 0.1) is 35.9 Å². The number of rotatable bonds is 6. The van der Waals surface area contributed by atoms with E-state index >= 15 is 0 Å². The monoisotopic (exact) mass is 329 g/mol. The van der Waals surface area contributed by atoms with Gasteiger partial charge in [0.1, 0.15) is 0 Å². The van der Waals surface area contributed by atoms with Crippen molar-refractivity contribution in [3.63, 3.8) is 0 Å². The molecule has 0 spiro atoms. The largest absolute Gasteiger partial charge is 0.369 e. The number of nitrogens with two attached hydrogens (primary N) is 1. The molecule has 1 heterocycles. The van der Waals surface area contributed by atoms with Crippen LogP contribution in [0.15, 0.2) is 24.3 Å². The van der Waals surface area contributed by atoms with E-state index in [-0.39, 0.29) is 19.0 Å². The predicted octanol–water partition coefficient (Wildman–Crippen LogP) is 1.15. The van der Waals surface area contributed by atoms with Crippen LogP contribution in [0.2, 0.25) is 0 Å². The van der Waals surface area contributed by atoms with Crippen molar-refractivity contribution in [3.05, 3.63) is 41.2 Å². The lowest BCUT2D eigenvalue weighted by Crippen LogP contribution is -2.36. The van der Waals surface area contributed by atoms with Crippen LogP contribution >= 0.6 is 0 Å². The number of carbonyl (C=O) groups is 2. The third-order valence-corrected chi connectivity index (χ3v) is 3.67. The number of benzene rings is 1. The molecule has 3 N–H and O–H groups in total. The van der Waals surface area contributed by atoms with Crippen molar-refractivity contribution in [2.75, 3.05) is 25.5 Å². The van der Waals surface area contributed by atoms with Crippen LogP contribution in [0.3, 0.4) is 0 Å². The summed E-state index contributed by atoms with van der Waals surface area (Å²) in [5.41, 5.74) is 9.51. The highest BCUT2D eigenvalue weighted by molar-refractivity contribution is 5.93. The predicted molar refractivity (Wildman–Crippen MR) is 93.1 cm³/mol. The molecule has 0 fully saturated rings. The first-order chi connectivity index (χ1) is 11.3. The van der Waals surface area contributed by atoms with E-state index in [1.807, 2.05) is 45.0 Å². The Labute approximate surface area is 141 Å². The molecular formula is C17H23N5O2. The molecule has 0 unspecified atom stereocenters. The Bertz CT molecular complexity index is 749. The number of anilines is 1. The van der Waals surface area contributed by atoms with E-state index in [4.69, 9.17) is 5.73 Å². The number of nitrogens with zero attached hydrogens (tertiary/aromatic N) is 3. The van der Waals surface area contributed by atoms with Crippen molar-refractivity contribution in [2.24, 2.45) is 5.73 Å². The highest BCUT2D eigenvalue weighted by Crippen LogP contribution is 2.23. The van der Waals surface area contributed by atoms with E-state index in [2.05, 4.69) is 10.4 Å². The highest BCUT2D eigenvalue weighted by Gasteiger charge is 2.16. The Kier molecular flexibility index (Phi) is 5.35. The first kappa shape index (κ1) is 17.7. The van der Waals surface area contributed by atoms with Gasteiger partial charge in [-0.3, -0.25) is 14.5 Å². The zero-order valence-corrected chi connectivity index (χ0v) is 14.5. The number of carbonyl (C=O) groups excluding carboxylic acids is 2. The first-order valence-corrected chi connectivity index (χ1v) is 7.68. The number of primary amides is 1. The van der Waals surface area contributed by atoms with Crippen molar-refractivity contribution in [1.82, 2.24) is 14.7 Å². The maximum absolute atomic E-state index is 12.2. The fourth-order valence-corrected chi connectivity index (χ4v) is 2.51. The van der Waals surface area contributed by atoms with Crippen LogP contribution in [-0.2, 0) is 9.59 Å². The number of hydrogen-bond donors (Lipinski definition) is 2. The second-order valence-electron chi connectivity index (χ2n) is 5.98. The summed E-state index contributed by atoms with van der Waals surface area (Å²) in [5.74, 6) is -0.682. The molecule has 0 atom stereocenters. The van der Waals surface area contributed by atoms with Crippen LogP contribution in [0.1, 0.15) is 17.0 Å². The average molecular weight is 329 g/mol. The number of aryl methyl sites for hydroxylation is 2. The van der Waals surface area contributed by atoms with E-state index < -0.39 is 5.91 Å². The van der Waals surface area contributed by atoms with Crippen LogP contribution < -0.4 is 11.1 Å². The Morgan fingerprint density at radius 2 is 1.79 bits per heavy atom. The quantitative estimate of drug-likeness (QED) is 0.831. The van der Waals surface area contributed by atoms with Crippen LogP contribution in [0.4, 0.5) is 5.69 Å². The third kappa shape index (κ3) is 4.20. The van der Waals surface area contributed by atoms with Crippen LogP contribution in [0.25, 0.3) is 5.69 Å². The fraction of sp³-hybridized carbons (Fsp3) is 0.353. The van der Waals surface area contributed by atoms with Crippen LogP contribution in [0.5, 0.6) is 0 Å². The Hall–Kier alpha value is -2.67. The molecule has 7 nitrogen and oxygen atoms in total. The van der Waals surface area contributed by atoms with Crippen molar-refractivity contribution >= 4 is 17.5 Å². The second-order valence-corrected chi connectivity index (χ2v) is 5.98. The van der Waals surface area contributed by atoms with Gasteiger partial charge in [-0.25, -0.2) is 4.68 Å². The number of nitrogens with one attached hydrogen (secondary N) is 1. The van der Waals surface area contributed by atoms with E-state index in [0.717, 1.165) is 17.1 Å². The highest BCUT2D eigenvalue weighted by atomic mass is 16.2. The zero-order valence-electron chi connectivity index (χ0n) is 14.5. The number of amides is 2. The van der Waals surface area contributed by atoms with Gasteiger partial charge in [-0.15, -0.1) is 0 Å². The molecule has 7 heteroatoms. The van der Waals surface area contributed by atoms with Crippen LogP contribution in [-0.4, -0.2) is 46.6 Å². The lowest BCUT2D eigenvalue weighted by Gasteiger charge is -2.14. The molecule has 2 aromatic rings. The summed E-state index contributed by atoms with van der Waals surface area (Å²) in [6.07, 6.45) is 0. The fourth-order valence-electron chi connectivity index (χ4n) is 2.51. The molecule has 2 amide bonds. The molecular weight excluding hydrogens is 306 g/mol.